The summed E-state index contributed by atoms with van der Waals surface area (Å²) in [7, 11) is 0. The minimum absolute atomic E-state index is 0.168. The normalized spacial score (nSPS) is 19.7. The SMILES string of the molecule is O=C(O)CCC1(c2ccccc2-c2ccccc2)C=CC=CC1. The molecule has 1 N–H and O–H groups in total. The van der Waals surface area contributed by atoms with E-state index in [9.17, 15) is 4.79 Å². The fourth-order valence-corrected chi connectivity index (χ4v) is 3.30. The molecule has 0 radical (unpaired) electrons. The number of carboxylic acid groups (broad SMARTS) is 1. The number of carboxylic acids is 1. The monoisotopic (exact) mass is 304 g/mol. The van der Waals surface area contributed by atoms with Crippen LogP contribution in [0.2, 0.25) is 0 Å². The molecule has 0 amide bonds. The van der Waals surface area contributed by atoms with E-state index in [-0.39, 0.29) is 11.8 Å². The van der Waals surface area contributed by atoms with E-state index in [4.69, 9.17) is 5.11 Å². The van der Waals surface area contributed by atoms with E-state index in [1.54, 1.807) is 0 Å². The quantitative estimate of drug-likeness (QED) is 0.846. The first-order chi connectivity index (χ1) is 11.2. The summed E-state index contributed by atoms with van der Waals surface area (Å²) in [5.74, 6) is -0.746. The second-order valence-corrected chi connectivity index (χ2v) is 5.95. The van der Waals surface area contributed by atoms with Crippen molar-refractivity contribution in [2.75, 3.05) is 0 Å². The molecule has 116 valence electrons. The Morgan fingerprint density at radius 2 is 1.74 bits per heavy atom. The van der Waals surface area contributed by atoms with Gasteiger partial charge in [0.25, 0.3) is 0 Å². The van der Waals surface area contributed by atoms with Crippen LogP contribution in [0.1, 0.15) is 24.8 Å². The summed E-state index contributed by atoms with van der Waals surface area (Å²) < 4.78 is 0. The molecule has 3 rings (SSSR count). The maximum Gasteiger partial charge on any atom is 0.303 e. The van der Waals surface area contributed by atoms with Gasteiger partial charge >= 0.3 is 5.97 Å². The minimum atomic E-state index is -0.746. The highest BCUT2D eigenvalue weighted by molar-refractivity contribution is 5.71. The topological polar surface area (TPSA) is 37.3 Å². The van der Waals surface area contributed by atoms with Crippen molar-refractivity contribution in [3.8, 4) is 11.1 Å². The van der Waals surface area contributed by atoms with Gasteiger partial charge in [-0.05, 0) is 29.5 Å². The Labute approximate surface area is 136 Å². The van der Waals surface area contributed by atoms with Gasteiger partial charge in [0.2, 0.25) is 0 Å². The van der Waals surface area contributed by atoms with Gasteiger partial charge in [0.05, 0.1) is 0 Å². The molecule has 23 heavy (non-hydrogen) atoms. The van der Waals surface area contributed by atoms with Gasteiger partial charge in [-0.3, -0.25) is 4.79 Å². The third kappa shape index (κ3) is 3.26. The first-order valence-electron chi connectivity index (χ1n) is 7.92. The van der Waals surface area contributed by atoms with Crippen LogP contribution in [-0.2, 0) is 10.2 Å². The number of aliphatic carboxylic acids is 1. The van der Waals surface area contributed by atoms with Crippen LogP contribution in [0.25, 0.3) is 11.1 Å². The summed E-state index contributed by atoms with van der Waals surface area (Å²) in [5, 5.41) is 9.15. The highest BCUT2D eigenvalue weighted by Gasteiger charge is 2.32. The molecule has 0 saturated carbocycles. The number of carbonyl (C=O) groups is 1. The molecular weight excluding hydrogens is 284 g/mol. The second-order valence-electron chi connectivity index (χ2n) is 5.95. The zero-order valence-electron chi connectivity index (χ0n) is 13.0. The van der Waals surface area contributed by atoms with Gasteiger partial charge in [-0.2, -0.15) is 0 Å². The van der Waals surface area contributed by atoms with Gasteiger partial charge in [0, 0.05) is 11.8 Å². The van der Waals surface area contributed by atoms with Gasteiger partial charge in [-0.15, -0.1) is 0 Å². The van der Waals surface area contributed by atoms with Crippen molar-refractivity contribution in [2.24, 2.45) is 0 Å². The first kappa shape index (κ1) is 15.3. The molecule has 2 aromatic carbocycles. The molecule has 2 aromatic rings. The largest absolute Gasteiger partial charge is 0.481 e. The third-order valence-corrected chi connectivity index (χ3v) is 4.48. The van der Waals surface area contributed by atoms with E-state index in [1.807, 2.05) is 42.5 Å². The molecular formula is C21H20O2. The average Bonchev–Trinajstić information content (AvgIpc) is 2.61. The van der Waals surface area contributed by atoms with Crippen LogP contribution >= 0.6 is 0 Å². The summed E-state index contributed by atoms with van der Waals surface area (Å²) >= 11 is 0. The van der Waals surface area contributed by atoms with Gasteiger partial charge in [-0.1, -0.05) is 78.9 Å². The summed E-state index contributed by atoms with van der Waals surface area (Å²) in [5.41, 5.74) is 3.30. The fraction of sp³-hybridized carbons (Fsp3) is 0.190. The van der Waals surface area contributed by atoms with Crippen LogP contribution < -0.4 is 0 Å². The third-order valence-electron chi connectivity index (χ3n) is 4.48. The molecule has 0 aromatic heterocycles. The highest BCUT2D eigenvalue weighted by Crippen LogP contribution is 2.42. The molecule has 1 unspecified atom stereocenters. The lowest BCUT2D eigenvalue weighted by Gasteiger charge is -2.33. The van der Waals surface area contributed by atoms with Crippen molar-refractivity contribution < 1.29 is 9.90 Å². The zero-order valence-corrected chi connectivity index (χ0v) is 13.0. The van der Waals surface area contributed by atoms with E-state index >= 15 is 0 Å². The molecule has 1 aliphatic carbocycles. The Morgan fingerprint density at radius 3 is 2.43 bits per heavy atom. The smallest absolute Gasteiger partial charge is 0.303 e. The van der Waals surface area contributed by atoms with Crippen molar-refractivity contribution in [3.63, 3.8) is 0 Å². The summed E-state index contributed by atoms with van der Waals surface area (Å²) in [6, 6.07) is 18.6. The van der Waals surface area contributed by atoms with Gasteiger partial charge in [0.1, 0.15) is 0 Å². The minimum Gasteiger partial charge on any atom is -0.481 e. The van der Waals surface area contributed by atoms with Crippen LogP contribution in [0.15, 0.2) is 78.9 Å². The average molecular weight is 304 g/mol. The van der Waals surface area contributed by atoms with Crippen molar-refractivity contribution in [1.82, 2.24) is 0 Å². The van der Waals surface area contributed by atoms with E-state index < -0.39 is 5.97 Å². The Hall–Kier alpha value is -2.61. The van der Waals surface area contributed by atoms with Crippen LogP contribution in [0.5, 0.6) is 0 Å². The predicted octanol–water partition coefficient (Wildman–Crippen LogP) is 4.97. The van der Waals surface area contributed by atoms with E-state index in [1.165, 1.54) is 16.7 Å². The molecule has 0 fully saturated rings. The zero-order chi connectivity index (χ0) is 16.1. The Bertz CT molecular complexity index is 743. The van der Waals surface area contributed by atoms with E-state index in [2.05, 4.69) is 36.4 Å². The number of rotatable bonds is 5. The van der Waals surface area contributed by atoms with E-state index in [0.29, 0.717) is 6.42 Å². The Kier molecular flexibility index (Phi) is 4.42. The number of benzene rings is 2. The molecule has 2 nitrogen and oxygen atoms in total. The standard InChI is InChI=1S/C21H20O2/c22-20(23)13-16-21(14-7-2-8-15-21)19-12-6-5-11-18(19)17-9-3-1-4-10-17/h1-12,14H,13,15-16H2,(H,22,23). The van der Waals surface area contributed by atoms with Crippen LogP contribution in [-0.4, -0.2) is 11.1 Å². The molecule has 1 atom stereocenters. The van der Waals surface area contributed by atoms with Gasteiger partial charge in [0.15, 0.2) is 0 Å². The molecule has 0 saturated heterocycles. The first-order valence-corrected chi connectivity index (χ1v) is 7.92. The lowest BCUT2D eigenvalue weighted by atomic mass is 9.70. The van der Waals surface area contributed by atoms with Crippen molar-refractivity contribution in [2.45, 2.75) is 24.7 Å². The highest BCUT2D eigenvalue weighted by atomic mass is 16.4. The summed E-state index contributed by atoms with van der Waals surface area (Å²) in [6.45, 7) is 0. The second kappa shape index (κ2) is 6.66. The lowest BCUT2D eigenvalue weighted by Crippen LogP contribution is -2.26. The van der Waals surface area contributed by atoms with Crippen LogP contribution in [0.4, 0.5) is 0 Å². The summed E-state index contributed by atoms with van der Waals surface area (Å²) in [6.07, 6.45) is 9.97. The fourth-order valence-electron chi connectivity index (χ4n) is 3.30. The van der Waals surface area contributed by atoms with Crippen molar-refractivity contribution >= 4 is 5.97 Å². The predicted molar refractivity (Wildman–Crippen MR) is 93.3 cm³/mol. The molecule has 2 heteroatoms. The maximum absolute atomic E-state index is 11.1. The van der Waals surface area contributed by atoms with Crippen LogP contribution in [0, 0.1) is 0 Å². The summed E-state index contributed by atoms with van der Waals surface area (Å²) in [4.78, 5) is 11.1. The molecule has 0 heterocycles. The molecule has 1 aliphatic rings. The van der Waals surface area contributed by atoms with E-state index in [0.717, 1.165) is 6.42 Å². The van der Waals surface area contributed by atoms with Gasteiger partial charge in [-0.25, -0.2) is 0 Å². The number of hydrogen-bond donors (Lipinski definition) is 1. The number of allylic oxidation sites excluding steroid dienone is 4. The molecule has 0 spiro atoms. The Balaban J connectivity index is 2.09. The van der Waals surface area contributed by atoms with Crippen LogP contribution in [0.3, 0.4) is 0 Å². The van der Waals surface area contributed by atoms with Crippen molar-refractivity contribution in [1.29, 1.82) is 0 Å². The number of hydrogen-bond acceptors (Lipinski definition) is 1. The molecule has 0 aliphatic heterocycles. The lowest BCUT2D eigenvalue weighted by molar-refractivity contribution is -0.137. The molecule has 0 bridgehead atoms. The Morgan fingerprint density at radius 1 is 1.00 bits per heavy atom. The van der Waals surface area contributed by atoms with Gasteiger partial charge < -0.3 is 5.11 Å². The maximum atomic E-state index is 11.1. The van der Waals surface area contributed by atoms with Crippen molar-refractivity contribution in [3.05, 3.63) is 84.5 Å².